The molecule has 0 radical (unpaired) electrons. The summed E-state index contributed by atoms with van der Waals surface area (Å²) >= 11 is 0. The molecule has 2 aromatic carbocycles. The second-order valence-corrected chi connectivity index (χ2v) is 7.86. The van der Waals surface area contributed by atoms with Gasteiger partial charge >= 0.3 is 5.97 Å². The number of halogens is 4. The predicted molar refractivity (Wildman–Crippen MR) is 125 cm³/mol. The third-order valence-electron chi connectivity index (χ3n) is 5.12. The molecule has 9 nitrogen and oxygen atoms in total. The Labute approximate surface area is 210 Å². The number of amides is 2. The van der Waals surface area contributed by atoms with E-state index < -0.39 is 53.9 Å². The van der Waals surface area contributed by atoms with Crippen molar-refractivity contribution in [2.45, 2.75) is 37.9 Å². The number of ether oxygens (including phenoxy) is 1. The third kappa shape index (κ3) is 7.68. The molecule has 13 heteroatoms. The first-order valence-corrected chi connectivity index (χ1v) is 10.6. The number of carbonyl (C=O) groups is 3. The number of hydrogen-bond acceptors (Lipinski definition) is 6. The maximum atomic E-state index is 13.9. The summed E-state index contributed by atoms with van der Waals surface area (Å²) in [6.07, 6.45) is 1.06. The average Bonchev–Trinajstić information content (AvgIpc) is 3.30. The van der Waals surface area contributed by atoms with Crippen molar-refractivity contribution in [2.75, 3.05) is 6.61 Å². The highest BCUT2D eigenvalue weighted by molar-refractivity contribution is 5.92. The van der Waals surface area contributed by atoms with Crippen molar-refractivity contribution in [3.63, 3.8) is 0 Å². The molecule has 1 unspecified atom stereocenters. The smallest absolute Gasteiger partial charge is 0.341 e. The van der Waals surface area contributed by atoms with Gasteiger partial charge in [-0.15, -0.1) is 12.4 Å². The number of carboxylic acid groups (broad SMARTS) is 1. The minimum atomic E-state index is -1.32. The molecule has 36 heavy (non-hydrogen) atoms. The monoisotopic (exact) mass is 528 g/mol. The minimum absolute atomic E-state index is 0. The van der Waals surface area contributed by atoms with E-state index in [0.29, 0.717) is 23.4 Å². The number of benzene rings is 2. The van der Waals surface area contributed by atoms with Gasteiger partial charge < -0.3 is 20.9 Å². The van der Waals surface area contributed by atoms with E-state index in [-0.39, 0.29) is 43.8 Å². The van der Waals surface area contributed by atoms with E-state index in [1.165, 1.54) is 6.21 Å². The van der Waals surface area contributed by atoms with E-state index in [1.807, 2.05) is 0 Å². The van der Waals surface area contributed by atoms with Crippen LogP contribution in [0.25, 0.3) is 0 Å². The number of nitrogens with one attached hydrogen (secondary N) is 1. The average molecular weight is 529 g/mol. The van der Waals surface area contributed by atoms with Crippen molar-refractivity contribution in [3.8, 4) is 5.75 Å². The Hall–Kier alpha value is -3.64. The summed E-state index contributed by atoms with van der Waals surface area (Å²) in [6, 6.07) is 5.78. The maximum absolute atomic E-state index is 13.9. The first-order chi connectivity index (χ1) is 16.6. The van der Waals surface area contributed by atoms with Gasteiger partial charge in [0, 0.05) is 37.7 Å². The second kappa shape index (κ2) is 12.9. The molecule has 4 N–H and O–H groups in total. The van der Waals surface area contributed by atoms with Crippen LogP contribution in [-0.4, -0.2) is 52.8 Å². The van der Waals surface area contributed by atoms with E-state index in [4.69, 9.17) is 15.6 Å². The molecule has 0 spiro atoms. The van der Waals surface area contributed by atoms with Gasteiger partial charge in [0.1, 0.15) is 17.6 Å². The Morgan fingerprint density at radius 2 is 1.89 bits per heavy atom. The van der Waals surface area contributed by atoms with Crippen LogP contribution in [0.4, 0.5) is 13.2 Å². The van der Waals surface area contributed by atoms with Gasteiger partial charge in [0.2, 0.25) is 11.8 Å². The number of rotatable bonds is 10. The quantitative estimate of drug-likeness (QED) is 0.405. The van der Waals surface area contributed by atoms with Gasteiger partial charge in [-0.2, -0.15) is 5.10 Å². The summed E-state index contributed by atoms with van der Waals surface area (Å²) in [7, 11) is 0. The first-order valence-electron chi connectivity index (χ1n) is 10.6. The zero-order valence-electron chi connectivity index (χ0n) is 18.8. The molecule has 0 aliphatic carbocycles. The number of nitrogens with zero attached hydrogens (tertiary/aromatic N) is 2. The number of carboxylic acids is 1. The van der Waals surface area contributed by atoms with Crippen LogP contribution in [0.5, 0.6) is 5.75 Å². The summed E-state index contributed by atoms with van der Waals surface area (Å²) in [4.78, 5) is 36.0. The van der Waals surface area contributed by atoms with Crippen LogP contribution in [0.1, 0.15) is 24.0 Å². The molecule has 0 saturated carbocycles. The molecule has 3 rings (SSSR count). The fourth-order valence-corrected chi connectivity index (χ4v) is 3.46. The van der Waals surface area contributed by atoms with Gasteiger partial charge in [0.05, 0.1) is 0 Å². The van der Waals surface area contributed by atoms with Gasteiger partial charge in [0.25, 0.3) is 0 Å². The van der Waals surface area contributed by atoms with Crippen molar-refractivity contribution in [1.29, 1.82) is 0 Å². The van der Waals surface area contributed by atoms with Crippen LogP contribution < -0.4 is 15.8 Å². The Bertz CT molecular complexity index is 1150. The molecule has 2 atom stereocenters. The molecule has 1 heterocycles. The Morgan fingerprint density at radius 3 is 2.61 bits per heavy atom. The number of aliphatic carboxylic acids is 1. The molecule has 194 valence electrons. The molecule has 0 fully saturated rings. The van der Waals surface area contributed by atoms with Gasteiger partial charge in [0.15, 0.2) is 18.2 Å². The fraction of sp³-hybridized carbons (Fsp3) is 0.304. The summed E-state index contributed by atoms with van der Waals surface area (Å²) in [5.74, 6) is -5.38. The highest BCUT2D eigenvalue weighted by atomic mass is 35.5. The zero-order valence-corrected chi connectivity index (χ0v) is 19.6. The molecule has 0 bridgehead atoms. The summed E-state index contributed by atoms with van der Waals surface area (Å²) in [5.41, 5.74) is 6.39. The molecule has 0 aromatic heterocycles. The predicted octanol–water partition coefficient (Wildman–Crippen LogP) is 2.15. The van der Waals surface area contributed by atoms with Crippen molar-refractivity contribution < 1.29 is 37.4 Å². The SMILES string of the molecule is Cl.N[C@@H](CC(=O)N1N=CCC1C(=O)NCc1cccc(OCC(=O)O)c1)Cc1cc(F)c(F)cc1F. The summed E-state index contributed by atoms with van der Waals surface area (Å²) in [5, 5.41) is 16.3. The van der Waals surface area contributed by atoms with Crippen molar-refractivity contribution in [3.05, 3.63) is 65.0 Å². The number of nitrogens with two attached hydrogens (primary N) is 1. The van der Waals surface area contributed by atoms with Crippen molar-refractivity contribution in [2.24, 2.45) is 10.8 Å². The van der Waals surface area contributed by atoms with Crippen molar-refractivity contribution >= 4 is 36.4 Å². The van der Waals surface area contributed by atoms with Crippen LogP contribution in [-0.2, 0) is 27.3 Å². The van der Waals surface area contributed by atoms with E-state index in [0.717, 1.165) is 5.01 Å². The highest BCUT2D eigenvalue weighted by Crippen LogP contribution is 2.19. The van der Waals surface area contributed by atoms with E-state index in [2.05, 4.69) is 10.4 Å². The third-order valence-corrected chi connectivity index (χ3v) is 5.12. The van der Waals surface area contributed by atoms with Gasteiger partial charge in [-0.25, -0.2) is 23.0 Å². The van der Waals surface area contributed by atoms with Gasteiger partial charge in [-0.05, 0) is 35.7 Å². The number of hydrogen-bond donors (Lipinski definition) is 3. The molecular formula is C23H24ClF3N4O5. The van der Waals surface area contributed by atoms with E-state index in [9.17, 15) is 27.6 Å². The van der Waals surface area contributed by atoms with Crippen LogP contribution in [0.15, 0.2) is 41.5 Å². The summed E-state index contributed by atoms with van der Waals surface area (Å²) < 4.78 is 45.5. The maximum Gasteiger partial charge on any atom is 0.341 e. The van der Waals surface area contributed by atoms with Crippen LogP contribution >= 0.6 is 12.4 Å². The lowest BCUT2D eigenvalue weighted by molar-refractivity contribution is -0.139. The Kier molecular flexibility index (Phi) is 10.2. The zero-order chi connectivity index (χ0) is 25.5. The minimum Gasteiger partial charge on any atom is -0.482 e. The molecule has 1 aliphatic rings. The number of hydrazone groups is 1. The fourth-order valence-electron chi connectivity index (χ4n) is 3.46. The summed E-state index contributed by atoms with van der Waals surface area (Å²) in [6.45, 7) is -0.409. The molecule has 0 saturated heterocycles. The van der Waals surface area contributed by atoms with Gasteiger partial charge in [-0.3, -0.25) is 9.59 Å². The van der Waals surface area contributed by atoms with Crippen LogP contribution in [0, 0.1) is 17.5 Å². The van der Waals surface area contributed by atoms with Crippen molar-refractivity contribution in [1.82, 2.24) is 10.3 Å². The van der Waals surface area contributed by atoms with E-state index in [1.54, 1.807) is 24.3 Å². The second-order valence-electron chi connectivity index (χ2n) is 7.86. The standard InChI is InChI=1S/C23H23F3N4O5.ClH/c24-17-10-19(26)18(25)8-14(17)7-15(27)9-21(31)30-20(4-5-29-30)23(34)28-11-13-2-1-3-16(6-13)35-12-22(32)33;/h1-3,5-6,8,10,15,20H,4,7,9,11-12,27H2,(H,28,34)(H,32,33);1H/t15-,20?;/m1./s1. The Morgan fingerprint density at radius 1 is 1.17 bits per heavy atom. The largest absolute Gasteiger partial charge is 0.482 e. The lowest BCUT2D eigenvalue weighted by Crippen LogP contribution is -2.46. The first kappa shape index (κ1) is 28.6. The lowest BCUT2D eigenvalue weighted by atomic mass is 10.0. The molecule has 2 aromatic rings. The Balaban J connectivity index is 0.00000456. The highest BCUT2D eigenvalue weighted by Gasteiger charge is 2.33. The molecule has 2 amide bonds. The topological polar surface area (TPSA) is 134 Å². The van der Waals surface area contributed by atoms with Crippen LogP contribution in [0.2, 0.25) is 0 Å². The van der Waals surface area contributed by atoms with Crippen LogP contribution in [0.3, 0.4) is 0 Å². The normalized spacial score (nSPS) is 15.2. The number of carbonyl (C=O) groups excluding carboxylic acids is 2. The lowest BCUT2D eigenvalue weighted by Gasteiger charge is -2.23. The van der Waals surface area contributed by atoms with Gasteiger partial charge in [-0.1, -0.05) is 12.1 Å². The van der Waals surface area contributed by atoms with E-state index >= 15 is 0 Å². The molecular weight excluding hydrogens is 505 g/mol. The molecule has 1 aliphatic heterocycles.